The average molecular weight is 399 g/mol. The van der Waals surface area contributed by atoms with Crippen molar-refractivity contribution in [3.8, 4) is 5.75 Å². The molecular weight excluding hydrogens is 370 g/mol. The monoisotopic (exact) mass is 399 g/mol. The predicted octanol–water partition coefficient (Wildman–Crippen LogP) is 1.58. The Morgan fingerprint density at radius 2 is 2.14 bits per heavy atom. The molecule has 4 rings (SSSR count). The lowest BCUT2D eigenvalue weighted by atomic mass is 9.52. The molecule has 2 heterocycles. The van der Waals surface area contributed by atoms with E-state index in [9.17, 15) is 19.8 Å². The second-order valence-electron chi connectivity index (χ2n) is 8.79. The largest absolute Gasteiger partial charge is 0.508 e. The number of aromatic hydroxyl groups is 1. The van der Waals surface area contributed by atoms with Crippen molar-refractivity contribution in [2.24, 2.45) is 0 Å². The van der Waals surface area contributed by atoms with Crippen molar-refractivity contribution in [3.63, 3.8) is 0 Å². The fourth-order valence-electron chi connectivity index (χ4n) is 5.59. The number of nitrogens with one attached hydrogen (secondary N) is 2. The maximum Gasteiger partial charge on any atom is 0.321 e. The first-order valence-corrected chi connectivity index (χ1v) is 10.3. The van der Waals surface area contributed by atoms with Crippen molar-refractivity contribution in [2.45, 2.75) is 56.1 Å². The third-order valence-electron chi connectivity index (χ3n) is 7.00. The van der Waals surface area contributed by atoms with Crippen LogP contribution >= 0.6 is 0 Å². The molecule has 156 valence electrons. The van der Waals surface area contributed by atoms with Crippen LogP contribution in [-0.2, 0) is 16.6 Å². The Kier molecular flexibility index (Phi) is 4.91. The second kappa shape index (κ2) is 7.15. The summed E-state index contributed by atoms with van der Waals surface area (Å²) in [5.41, 5.74) is 0.927. The van der Waals surface area contributed by atoms with Crippen LogP contribution in [-0.4, -0.2) is 58.3 Å². The number of likely N-dealkylation sites (tertiary alicyclic amines) is 1. The zero-order valence-corrected chi connectivity index (χ0v) is 16.8. The molecular formula is C22H29N3O4. The Bertz CT molecular complexity index is 870. The van der Waals surface area contributed by atoms with Gasteiger partial charge < -0.3 is 15.5 Å². The van der Waals surface area contributed by atoms with Gasteiger partial charge in [0.15, 0.2) is 0 Å². The van der Waals surface area contributed by atoms with Gasteiger partial charge in [0, 0.05) is 31.0 Å². The van der Waals surface area contributed by atoms with E-state index < -0.39 is 23.0 Å². The molecule has 1 aliphatic carbocycles. The molecule has 0 saturated carbocycles. The van der Waals surface area contributed by atoms with Gasteiger partial charge in [0.2, 0.25) is 5.91 Å². The summed E-state index contributed by atoms with van der Waals surface area (Å²) in [5, 5.41) is 27.4. The first kappa shape index (κ1) is 19.9. The van der Waals surface area contributed by atoms with Crippen LogP contribution in [0.15, 0.2) is 30.4 Å². The number of benzene rings is 1. The molecule has 1 aromatic carbocycles. The van der Waals surface area contributed by atoms with E-state index in [4.69, 9.17) is 0 Å². The minimum Gasteiger partial charge on any atom is -0.508 e. The third kappa shape index (κ3) is 3.22. The number of phenols is 1. The number of carbonyl (C=O) groups is 2. The number of fused-ring (bicyclic) bond motifs is 1. The maximum atomic E-state index is 12.7. The van der Waals surface area contributed by atoms with E-state index in [2.05, 4.69) is 22.1 Å². The average Bonchev–Trinajstić information content (AvgIpc) is 2.68. The SMILES string of the molecule is C=C(C)CCN1CC[C@]23CC(=O)NC(=O)NCC[C@@]2(O)[C@H]1Cc1ccc(O)cc13. The number of piperidine rings is 1. The predicted molar refractivity (Wildman–Crippen MR) is 109 cm³/mol. The fourth-order valence-corrected chi connectivity index (χ4v) is 5.59. The Hall–Kier alpha value is -2.38. The number of carbonyl (C=O) groups excluding carboxylic acids is 2. The van der Waals surface area contributed by atoms with Gasteiger partial charge in [-0.3, -0.25) is 15.0 Å². The smallest absolute Gasteiger partial charge is 0.321 e. The van der Waals surface area contributed by atoms with Crippen LogP contribution in [0.25, 0.3) is 0 Å². The topological polar surface area (TPSA) is 102 Å². The first-order chi connectivity index (χ1) is 13.7. The number of imide groups is 1. The zero-order chi connectivity index (χ0) is 20.8. The van der Waals surface area contributed by atoms with Gasteiger partial charge in [-0.25, -0.2) is 4.79 Å². The number of hydrogen-bond acceptors (Lipinski definition) is 5. The van der Waals surface area contributed by atoms with Crippen LogP contribution in [0.2, 0.25) is 0 Å². The summed E-state index contributed by atoms with van der Waals surface area (Å²) in [7, 11) is 0. The number of amides is 3. The molecule has 3 amide bonds. The molecule has 29 heavy (non-hydrogen) atoms. The van der Waals surface area contributed by atoms with Crippen molar-refractivity contribution in [3.05, 3.63) is 41.5 Å². The van der Waals surface area contributed by atoms with Crippen molar-refractivity contribution in [1.29, 1.82) is 0 Å². The van der Waals surface area contributed by atoms with Crippen molar-refractivity contribution < 1.29 is 19.8 Å². The minimum atomic E-state index is -1.20. The molecule has 7 nitrogen and oxygen atoms in total. The van der Waals surface area contributed by atoms with E-state index in [1.807, 2.05) is 13.0 Å². The fraction of sp³-hybridized carbons (Fsp3) is 0.545. The van der Waals surface area contributed by atoms with E-state index in [0.29, 0.717) is 19.3 Å². The molecule has 2 aliphatic heterocycles. The third-order valence-corrected chi connectivity index (χ3v) is 7.00. The van der Waals surface area contributed by atoms with E-state index in [0.717, 1.165) is 36.2 Å². The summed E-state index contributed by atoms with van der Waals surface area (Å²) in [6.07, 6.45) is 2.42. The van der Waals surface area contributed by atoms with E-state index in [1.54, 1.807) is 12.1 Å². The summed E-state index contributed by atoms with van der Waals surface area (Å²) in [6, 6.07) is 4.55. The molecule has 2 fully saturated rings. The molecule has 0 aromatic heterocycles. The van der Waals surface area contributed by atoms with Gasteiger partial charge in [0.1, 0.15) is 5.75 Å². The summed E-state index contributed by atoms with van der Waals surface area (Å²) >= 11 is 0. The van der Waals surface area contributed by atoms with E-state index in [-0.39, 0.29) is 24.8 Å². The van der Waals surface area contributed by atoms with Gasteiger partial charge in [-0.2, -0.15) is 0 Å². The van der Waals surface area contributed by atoms with Crippen molar-refractivity contribution in [1.82, 2.24) is 15.5 Å². The van der Waals surface area contributed by atoms with Gasteiger partial charge in [0.25, 0.3) is 0 Å². The van der Waals surface area contributed by atoms with Gasteiger partial charge in [0.05, 0.1) is 5.60 Å². The van der Waals surface area contributed by atoms with Gasteiger partial charge >= 0.3 is 6.03 Å². The standard InChI is InChI=1S/C22H29N3O4/c1-14(2)5-9-25-10-7-21-13-19(27)24-20(28)23-8-6-22(21,29)18(25)11-15-3-4-16(26)12-17(15)21/h3-4,12,18,26,29H,1,5-11,13H2,2H3,(H2,23,24,27,28)/t18-,21-,22-/m1/s1. The van der Waals surface area contributed by atoms with Crippen LogP contribution in [0, 0.1) is 0 Å². The Balaban J connectivity index is 1.85. The van der Waals surface area contributed by atoms with E-state index >= 15 is 0 Å². The van der Waals surface area contributed by atoms with Crippen LogP contribution in [0.5, 0.6) is 5.75 Å². The lowest BCUT2D eigenvalue weighted by Crippen LogP contribution is -2.72. The highest BCUT2D eigenvalue weighted by Gasteiger charge is 2.63. The minimum absolute atomic E-state index is 0.0121. The number of phenolic OH excluding ortho intramolecular Hbond substituents is 1. The van der Waals surface area contributed by atoms with Crippen LogP contribution in [0.3, 0.4) is 0 Å². The molecule has 0 radical (unpaired) electrons. The number of nitrogens with zero attached hydrogens (tertiary/aromatic N) is 1. The second-order valence-corrected chi connectivity index (χ2v) is 8.79. The quantitative estimate of drug-likeness (QED) is 0.578. The molecule has 1 aromatic rings. The van der Waals surface area contributed by atoms with Crippen LogP contribution < -0.4 is 10.6 Å². The molecule has 2 bridgehead atoms. The van der Waals surface area contributed by atoms with Crippen molar-refractivity contribution in [2.75, 3.05) is 19.6 Å². The zero-order valence-electron chi connectivity index (χ0n) is 16.8. The van der Waals surface area contributed by atoms with Gasteiger partial charge in [-0.1, -0.05) is 11.6 Å². The molecule has 7 heteroatoms. The summed E-state index contributed by atoms with van der Waals surface area (Å²) < 4.78 is 0. The molecule has 2 saturated heterocycles. The van der Waals surface area contributed by atoms with Crippen LogP contribution in [0.4, 0.5) is 4.79 Å². The molecule has 0 unspecified atom stereocenters. The highest BCUT2D eigenvalue weighted by atomic mass is 16.3. The molecule has 4 N–H and O–H groups in total. The number of rotatable bonds is 3. The Labute approximate surface area is 170 Å². The highest BCUT2D eigenvalue weighted by Crippen LogP contribution is 2.55. The summed E-state index contributed by atoms with van der Waals surface area (Å²) in [6.45, 7) is 7.82. The Morgan fingerprint density at radius 1 is 1.34 bits per heavy atom. The Morgan fingerprint density at radius 3 is 2.90 bits per heavy atom. The first-order valence-electron chi connectivity index (χ1n) is 10.3. The lowest BCUT2D eigenvalue weighted by molar-refractivity contribution is -0.158. The molecule has 3 atom stereocenters. The normalized spacial score (nSPS) is 32.0. The summed E-state index contributed by atoms with van der Waals surface area (Å²) in [4.78, 5) is 27.0. The number of hydrogen-bond donors (Lipinski definition) is 4. The maximum absolute atomic E-state index is 12.7. The number of urea groups is 1. The van der Waals surface area contributed by atoms with Crippen molar-refractivity contribution >= 4 is 11.9 Å². The molecule has 0 spiro atoms. The molecule has 3 aliphatic rings. The van der Waals surface area contributed by atoms with E-state index in [1.165, 1.54) is 0 Å². The number of aliphatic hydroxyl groups is 1. The van der Waals surface area contributed by atoms with Crippen LogP contribution in [0.1, 0.15) is 43.7 Å². The summed E-state index contributed by atoms with van der Waals surface area (Å²) in [5.74, 6) is -0.286. The van der Waals surface area contributed by atoms with Gasteiger partial charge in [-0.15, -0.1) is 6.58 Å². The van der Waals surface area contributed by atoms with Gasteiger partial charge in [-0.05, 0) is 62.4 Å². The highest BCUT2D eigenvalue weighted by molar-refractivity contribution is 5.95. The lowest BCUT2D eigenvalue weighted by Gasteiger charge is -2.61.